The van der Waals surface area contributed by atoms with Crippen molar-refractivity contribution in [2.75, 3.05) is 6.54 Å². The van der Waals surface area contributed by atoms with Crippen LogP contribution in [0.3, 0.4) is 0 Å². The molecule has 0 aliphatic heterocycles. The maximum atomic E-state index is 13.3. The lowest BCUT2D eigenvalue weighted by Gasteiger charge is -2.19. The van der Waals surface area contributed by atoms with Crippen LogP contribution in [0.25, 0.3) is 0 Å². The van der Waals surface area contributed by atoms with E-state index < -0.39 is 11.6 Å². The quantitative estimate of drug-likeness (QED) is 0.925. The average molecular weight is 283 g/mol. The minimum atomic E-state index is -0.882. The molecule has 1 aromatic heterocycles. The first-order valence-corrected chi connectivity index (χ1v) is 6.30. The summed E-state index contributed by atoms with van der Waals surface area (Å²) in [5, 5.41) is 3.65. The molecular weight excluding hydrogens is 270 g/mol. The van der Waals surface area contributed by atoms with Crippen LogP contribution in [0.1, 0.15) is 24.2 Å². The van der Waals surface area contributed by atoms with Crippen LogP contribution in [0, 0.1) is 11.6 Å². The van der Waals surface area contributed by atoms with E-state index in [0.29, 0.717) is 22.8 Å². The Balaban J connectivity index is 2.45. The van der Waals surface area contributed by atoms with Gasteiger partial charge in [0.2, 0.25) is 0 Å². The molecule has 0 spiro atoms. The molecule has 1 aromatic carbocycles. The highest BCUT2D eigenvalue weighted by Gasteiger charge is 2.18. The van der Waals surface area contributed by atoms with Gasteiger partial charge in [-0.05, 0) is 36.4 Å². The summed E-state index contributed by atoms with van der Waals surface area (Å²) in [6, 6.07) is 6.86. The van der Waals surface area contributed by atoms with Crippen molar-refractivity contribution < 1.29 is 8.78 Å². The normalized spacial score (nSPS) is 12.4. The maximum absolute atomic E-state index is 13.3. The topological polar surface area (TPSA) is 24.9 Å². The molecule has 1 atom stereocenters. The van der Waals surface area contributed by atoms with Crippen LogP contribution < -0.4 is 5.32 Å². The number of halogens is 3. The number of benzene rings is 1. The van der Waals surface area contributed by atoms with Crippen molar-refractivity contribution >= 4 is 11.6 Å². The van der Waals surface area contributed by atoms with Gasteiger partial charge in [-0.1, -0.05) is 24.6 Å². The van der Waals surface area contributed by atoms with Gasteiger partial charge in [-0.2, -0.15) is 0 Å². The van der Waals surface area contributed by atoms with E-state index >= 15 is 0 Å². The number of nitrogens with one attached hydrogen (secondary N) is 1. The SMILES string of the molecule is CCNC(c1ccc(F)c(F)c1)c1ncccc1Cl. The van der Waals surface area contributed by atoms with E-state index in [1.54, 1.807) is 18.3 Å². The number of aromatic nitrogens is 1. The Bertz CT molecular complexity index is 575. The summed E-state index contributed by atoms with van der Waals surface area (Å²) in [7, 11) is 0. The molecule has 0 bridgehead atoms. The fourth-order valence-corrected chi connectivity index (χ4v) is 2.11. The molecule has 100 valence electrons. The number of pyridine rings is 1. The minimum Gasteiger partial charge on any atom is -0.305 e. The molecule has 0 fully saturated rings. The van der Waals surface area contributed by atoms with Crippen LogP contribution >= 0.6 is 11.6 Å². The van der Waals surface area contributed by atoms with Crippen LogP contribution in [-0.4, -0.2) is 11.5 Å². The Labute approximate surface area is 115 Å². The molecule has 0 amide bonds. The summed E-state index contributed by atoms with van der Waals surface area (Å²) in [6.45, 7) is 2.57. The maximum Gasteiger partial charge on any atom is 0.159 e. The fourth-order valence-electron chi connectivity index (χ4n) is 1.88. The lowest BCUT2D eigenvalue weighted by Crippen LogP contribution is -2.23. The van der Waals surface area contributed by atoms with Crippen molar-refractivity contribution in [2.24, 2.45) is 0 Å². The van der Waals surface area contributed by atoms with Crippen molar-refractivity contribution in [1.29, 1.82) is 0 Å². The summed E-state index contributed by atoms with van der Waals surface area (Å²) in [5.41, 5.74) is 1.18. The van der Waals surface area contributed by atoms with Gasteiger partial charge in [0.1, 0.15) is 0 Å². The molecule has 0 saturated heterocycles. The highest BCUT2D eigenvalue weighted by Crippen LogP contribution is 2.27. The molecule has 1 heterocycles. The van der Waals surface area contributed by atoms with E-state index in [1.807, 2.05) is 6.92 Å². The van der Waals surface area contributed by atoms with Gasteiger partial charge in [-0.15, -0.1) is 0 Å². The number of hydrogen-bond acceptors (Lipinski definition) is 2. The molecule has 2 rings (SSSR count). The molecule has 5 heteroatoms. The highest BCUT2D eigenvalue weighted by atomic mass is 35.5. The Hall–Kier alpha value is -1.52. The first kappa shape index (κ1) is 13.9. The van der Waals surface area contributed by atoms with Gasteiger partial charge in [0, 0.05) is 6.20 Å². The summed E-state index contributed by atoms with van der Waals surface area (Å²) in [6.07, 6.45) is 1.62. The first-order valence-electron chi connectivity index (χ1n) is 5.92. The second-order valence-corrected chi connectivity index (χ2v) is 4.44. The van der Waals surface area contributed by atoms with Crippen LogP contribution in [0.15, 0.2) is 36.5 Å². The molecule has 2 nitrogen and oxygen atoms in total. The second kappa shape index (κ2) is 6.08. The third kappa shape index (κ3) is 3.08. The molecule has 1 unspecified atom stereocenters. The Morgan fingerprint density at radius 2 is 2.05 bits per heavy atom. The Morgan fingerprint density at radius 1 is 1.26 bits per heavy atom. The van der Waals surface area contributed by atoms with E-state index in [0.717, 1.165) is 12.1 Å². The van der Waals surface area contributed by atoms with E-state index in [2.05, 4.69) is 10.3 Å². The molecule has 19 heavy (non-hydrogen) atoms. The fraction of sp³-hybridized carbons (Fsp3) is 0.214. The van der Waals surface area contributed by atoms with Crippen LogP contribution in [-0.2, 0) is 0 Å². The average Bonchev–Trinajstić information content (AvgIpc) is 2.40. The summed E-state index contributed by atoms with van der Waals surface area (Å²) < 4.78 is 26.3. The molecular formula is C14H13ClF2N2. The monoisotopic (exact) mass is 282 g/mol. The number of hydrogen-bond donors (Lipinski definition) is 1. The summed E-state index contributed by atoms with van der Waals surface area (Å²) >= 11 is 6.11. The lowest BCUT2D eigenvalue weighted by atomic mass is 10.0. The Kier molecular flexibility index (Phi) is 4.45. The van der Waals surface area contributed by atoms with Gasteiger partial charge < -0.3 is 5.32 Å². The zero-order valence-electron chi connectivity index (χ0n) is 10.3. The van der Waals surface area contributed by atoms with Crippen LogP contribution in [0.5, 0.6) is 0 Å². The van der Waals surface area contributed by atoms with Gasteiger partial charge >= 0.3 is 0 Å². The van der Waals surface area contributed by atoms with Crippen molar-refractivity contribution in [3.05, 3.63) is 64.4 Å². The van der Waals surface area contributed by atoms with Crippen molar-refractivity contribution in [2.45, 2.75) is 13.0 Å². The lowest BCUT2D eigenvalue weighted by molar-refractivity contribution is 0.503. The summed E-state index contributed by atoms with van der Waals surface area (Å²) in [5.74, 6) is -1.75. The van der Waals surface area contributed by atoms with Gasteiger partial charge in [-0.25, -0.2) is 8.78 Å². The van der Waals surface area contributed by atoms with E-state index in [4.69, 9.17) is 11.6 Å². The molecule has 0 aliphatic carbocycles. The Morgan fingerprint density at radius 3 is 2.68 bits per heavy atom. The molecule has 0 aliphatic rings. The third-order valence-corrected chi connectivity index (χ3v) is 3.07. The first-order chi connectivity index (χ1) is 9.13. The van der Waals surface area contributed by atoms with E-state index in [9.17, 15) is 8.78 Å². The zero-order chi connectivity index (χ0) is 13.8. The van der Waals surface area contributed by atoms with Gasteiger partial charge in [0.05, 0.1) is 16.8 Å². The molecule has 0 radical (unpaired) electrons. The number of nitrogens with zero attached hydrogens (tertiary/aromatic N) is 1. The van der Waals surface area contributed by atoms with E-state index in [1.165, 1.54) is 6.07 Å². The second-order valence-electron chi connectivity index (χ2n) is 4.03. The predicted octanol–water partition coefficient (Wildman–Crippen LogP) is 3.71. The molecule has 1 N–H and O–H groups in total. The van der Waals surface area contributed by atoms with Crippen molar-refractivity contribution in [3.63, 3.8) is 0 Å². The van der Waals surface area contributed by atoms with Crippen molar-refractivity contribution in [1.82, 2.24) is 10.3 Å². The van der Waals surface area contributed by atoms with Gasteiger partial charge in [0.15, 0.2) is 11.6 Å². The predicted molar refractivity (Wildman–Crippen MR) is 71.1 cm³/mol. The molecule has 2 aromatic rings. The summed E-state index contributed by atoms with van der Waals surface area (Å²) in [4.78, 5) is 4.22. The van der Waals surface area contributed by atoms with Crippen molar-refractivity contribution in [3.8, 4) is 0 Å². The minimum absolute atomic E-state index is 0.367. The van der Waals surface area contributed by atoms with Crippen LogP contribution in [0.2, 0.25) is 5.02 Å². The number of rotatable bonds is 4. The van der Waals surface area contributed by atoms with E-state index in [-0.39, 0.29) is 6.04 Å². The smallest absolute Gasteiger partial charge is 0.159 e. The highest BCUT2D eigenvalue weighted by molar-refractivity contribution is 6.31. The standard InChI is InChI=1S/C14H13ClF2N2/c1-2-18-13(14-10(15)4-3-7-19-14)9-5-6-11(16)12(17)8-9/h3-8,13,18H,2H2,1H3. The third-order valence-electron chi connectivity index (χ3n) is 2.75. The largest absolute Gasteiger partial charge is 0.305 e. The zero-order valence-corrected chi connectivity index (χ0v) is 11.1. The molecule has 0 saturated carbocycles. The van der Waals surface area contributed by atoms with Crippen LogP contribution in [0.4, 0.5) is 8.78 Å². The van der Waals surface area contributed by atoms with Gasteiger partial charge in [0.25, 0.3) is 0 Å². The van der Waals surface area contributed by atoms with Gasteiger partial charge in [-0.3, -0.25) is 4.98 Å².